The molecule has 0 heterocycles. The second kappa shape index (κ2) is 6.28. The molecule has 0 spiro atoms. The molecule has 1 fully saturated rings. The summed E-state index contributed by atoms with van der Waals surface area (Å²) in [6.45, 7) is 1.98. The quantitative estimate of drug-likeness (QED) is 0.678. The second-order valence-electron chi connectivity index (χ2n) is 4.68. The van der Waals surface area contributed by atoms with Gasteiger partial charge in [0.2, 0.25) is 0 Å². The topological polar surface area (TPSA) is 63.6 Å². The highest BCUT2D eigenvalue weighted by atomic mass is 32.2. The van der Waals surface area contributed by atoms with Gasteiger partial charge in [0.15, 0.2) is 0 Å². The van der Waals surface area contributed by atoms with E-state index in [4.69, 9.17) is 5.11 Å². The molecule has 0 radical (unpaired) electrons. The summed E-state index contributed by atoms with van der Waals surface area (Å²) >= 11 is 1.47. The summed E-state index contributed by atoms with van der Waals surface area (Å²) in [6, 6.07) is 0. The minimum atomic E-state index is -0.745. The van der Waals surface area contributed by atoms with Crippen LogP contribution in [0.3, 0.4) is 0 Å². The summed E-state index contributed by atoms with van der Waals surface area (Å²) in [5, 5.41) is 8.70. The number of hydrogen-bond donors (Lipinski definition) is 1. The van der Waals surface area contributed by atoms with Crippen LogP contribution < -0.4 is 0 Å². The Morgan fingerprint density at radius 3 is 2.53 bits per heavy atom. The van der Waals surface area contributed by atoms with Crippen LogP contribution in [0.5, 0.6) is 0 Å². The van der Waals surface area contributed by atoms with Crippen molar-refractivity contribution in [2.75, 3.05) is 12.9 Å². The molecule has 1 atom stereocenters. The van der Waals surface area contributed by atoms with Crippen LogP contribution >= 0.6 is 11.8 Å². The number of carboxylic acid groups (broad SMARTS) is 1. The molecule has 1 aliphatic carbocycles. The molecule has 0 aromatic carbocycles. The Labute approximate surface area is 106 Å². The molecule has 0 amide bonds. The van der Waals surface area contributed by atoms with Crippen LogP contribution in [0.1, 0.15) is 39.0 Å². The third-order valence-electron chi connectivity index (χ3n) is 3.12. The molecule has 1 unspecified atom stereocenters. The van der Waals surface area contributed by atoms with Crippen molar-refractivity contribution in [3.05, 3.63) is 0 Å². The average Bonchev–Trinajstić information content (AvgIpc) is 3.04. The lowest BCUT2D eigenvalue weighted by Crippen LogP contribution is -2.20. The van der Waals surface area contributed by atoms with Crippen LogP contribution in [0, 0.1) is 5.41 Å². The number of methoxy groups -OCH3 is 1. The van der Waals surface area contributed by atoms with Crippen molar-refractivity contribution >= 4 is 23.7 Å². The van der Waals surface area contributed by atoms with Crippen LogP contribution in [0.15, 0.2) is 0 Å². The van der Waals surface area contributed by atoms with E-state index in [1.54, 1.807) is 0 Å². The van der Waals surface area contributed by atoms with E-state index in [1.165, 1.54) is 18.9 Å². The zero-order valence-corrected chi connectivity index (χ0v) is 11.2. The third kappa shape index (κ3) is 4.58. The van der Waals surface area contributed by atoms with Crippen LogP contribution in [0.4, 0.5) is 0 Å². The van der Waals surface area contributed by atoms with Gasteiger partial charge in [0, 0.05) is 5.75 Å². The molecule has 4 nitrogen and oxygen atoms in total. The maximum atomic E-state index is 11.2. The molecule has 1 N–H and O–H groups in total. The van der Waals surface area contributed by atoms with E-state index in [2.05, 4.69) is 4.74 Å². The number of esters is 1. The Bertz CT molecular complexity index is 286. The number of thioether (sulfide) groups is 1. The van der Waals surface area contributed by atoms with Crippen LogP contribution in [-0.2, 0) is 14.3 Å². The lowest BCUT2D eigenvalue weighted by atomic mass is 10.1. The lowest BCUT2D eigenvalue weighted by molar-refractivity contribution is -0.141. The van der Waals surface area contributed by atoms with Gasteiger partial charge in [-0.25, -0.2) is 0 Å². The molecule has 0 aromatic heterocycles. The van der Waals surface area contributed by atoms with Crippen molar-refractivity contribution in [3.8, 4) is 0 Å². The van der Waals surface area contributed by atoms with Crippen molar-refractivity contribution in [2.24, 2.45) is 5.41 Å². The number of carbonyl (C=O) groups is 2. The minimum Gasteiger partial charge on any atom is -0.480 e. The minimum absolute atomic E-state index is 0.0131. The zero-order valence-electron chi connectivity index (χ0n) is 10.4. The van der Waals surface area contributed by atoms with Gasteiger partial charge < -0.3 is 9.84 Å². The Morgan fingerprint density at radius 1 is 1.47 bits per heavy atom. The summed E-state index contributed by atoms with van der Waals surface area (Å²) in [5.41, 5.74) is 0.0131. The van der Waals surface area contributed by atoms with E-state index in [9.17, 15) is 9.59 Å². The standard InChI is InChI=1S/C12H20O4S/c1-3-4-9(11(14)15)17-8-12(5-6-12)7-10(13)16-2/h9H,3-8H2,1-2H3,(H,14,15). The van der Waals surface area contributed by atoms with Crippen molar-refractivity contribution in [1.82, 2.24) is 0 Å². The molecule has 0 aliphatic heterocycles. The van der Waals surface area contributed by atoms with Gasteiger partial charge >= 0.3 is 11.9 Å². The van der Waals surface area contributed by atoms with Gasteiger partial charge in [0.1, 0.15) is 5.25 Å². The van der Waals surface area contributed by atoms with Gasteiger partial charge in [-0.1, -0.05) is 13.3 Å². The largest absolute Gasteiger partial charge is 0.480 e. The van der Waals surface area contributed by atoms with Crippen LogP contribution in [0.2, 0.25) is 0 Å². The average molecular weight is 260 g/mol. The summed E-state index contributed by atoms with van der Waals surface area (Å²) < 4.78 is 4.66. The van der Waals surface area contributed by atoms with Gasteiger partial charge in [-0.15, -0.1) is 11.8 Å². The fourth-order valence-electron chi connectivity index (χ4n) is 1.74. The van der Waals surface area contributed by atoms with E-state index in [1.807, 2.05) is 6.92 Å². The summed E-state index contributed by atoms with van der Waals surface area (Å²) in [5.74, 6) is -0.185. The van der Waals surface area contributed by atoms with Crippen LogP contribution in [0.25, 0.3) is 0 Å². The molecule has 1 rings (SSSR count). The molecule has 0 bridgehead atoms. The molecule has 17 heavy (non-hydrogen) atoms. The lowest BCUT2D eigenvalue weighted by Gasteiger charge is -2.16. The highest BCUT2D eigenvalue weighted by Gasteiger charge is 2.45. The predicted molar refractivity (Wildman–Crippen MR) is 67.1 cm³/mol. The normalized spacial score (nSPS) is 18.5. The number of aliphatic carboxylic acids is 1. The SMILES string of the molecule is CCCC(SCC1(CC(=O)OC)CC1)C(=O)O. The fourth-order valence-corrected chi connectivity index (χ4v) is 3.24. The summed E-state index contributed by atoms with van der Waals surface area (Å²) in [4.78, 5) is 22.2. The van der Waals surface area contributed by atoms with Crippen molar-refractivity contribution in [1.29, 1.82) is 0 Å². The molecule has 5 heteroatoms. The van der Waals surface area contributed by atoms with Gasteiger partial charge in [0.25, 0.3) is 0 Å². The highest BCUT2D eigenvalue weighted by Crippen LogP contribution is 2.51. The summed E-state index contributed by atoms with van der Waals surface area (Å²) in [7, 11) is 1.39. The number of rotatable bonds is 8. The Kier molecular flexibility index (Phi) is 5.31. The van der Waals surface area contributed by atoms with Gasteiger partial charge in [-0.2, -0.15) is 0 Å². The second-order valence-corrected chi connectivity index (χ2v) is 5.87. The summed E-state index contributed by atoms with van der Waals surface area (Å²) in [6.07, 6.45) is 4.00. The Balaban J connectivity index is 2.38. The number of carboxylic acids is 1. The number of ether oxygens (including phenoxy) is 1. The molecule has 0 aromatic rings. The first kappa shape index (κ1) is 14.4. The van der Waals surface area contributed by atoms with Crippen molar-refractivity contribution in [2.45, 2.75) is 44.3 Å². The molecule has 98 valence electrons. The maximum absolute atomic E-state index is 11.2. The smallest absolute Gasteiger partial charge is 0.316 e. The molecular formula is C12H20O4S. The predicted octanol–water partition coefficient (Wildman–Crippen LogP) is 2.32. The van der Waals surface area contributed by atoms with Crippen molar-refractivity contribution in [3.63, 3.8) is 0 Å². The van der Waals surface area contributed by atoms with E-state index >= 15 is 0 Å². The fraction of sp³-hybridized carbons (Fsp3) is 0.833. The van der Waals surface area contributed by atoms with Gasteiger partial charge in [0.05, 0.1) is 13.5 Å². The molecule has 0 saturated heterocycles. The first-order valence-electron chi connectivity index (χ1n) is 5.94. The first-order chi connectivity index (χ1) is 8.03. The third-order valence-corrected chi connectivity index (χ3v) is 4.74. The van der Waals surface area contributed by atoms with E-state index in [0.717, 1.165) is 25.0 Å². The van der Waals surface area contributed by atoms with Crippen molar-refractivity contribution < 1.29 is 19.4 Å². The van der Waals surface area contributed by atoms with Crippen LogP contribution in [-0.4, -0.2) is 35.2 Å². The maximum Gasteiger partial charge on any atom is 0.316 e. The van der Waals surface area contributed by atoms with E-state index in [0.29, 0.717) is 12.8 Å². The van der Waals surface area contributed by atoms with Gasteiger partial charge in [-0.3, -0.25) is 9.59 Å². The molecule has 1 aliphatic rings. The Hall–Kier alpha value is -0.710. The highest BCUT2D eigenvalue weighted by molar-refractivity contribution is 8.00. The van der Waals surface area contributed by atoms with E-state index in [-0.39, 0.29) is 16.6 Å². The zero-order chi connectivity index (χ0) is 12.9. The Morgan fingerprint density at radius 2 is 2.12 bits per heavy atom. The number of carbonyl (C=O) groups excluding carboxylic acids is 1. The molecule has 1 saturated carbocycles. The monoisotopic (exact) mass is 260 g/mol. The first-order valence-corrected chi connectivity index (χ1v) is 6.99. The molecular weight excluding hydrogens is 240 g/mol. The van der Waals surface area contributed by atoms with Gasteiger partial charge in [-0.05, 0) is 24.7 Å². The van der Waals surface area contributed by atoms with E-state index < -0.39 is 5.97 Å². The number of hydrogen-bond acceptors (Lipinski definition) is 4.